The van der Waals surface area contributed by atoms with Gasteiger partial charge in [-0.3, -0.25) is 9.11 Å². The third-order valence-electron chi connectivity index (χ3n) is 0. The van der Waals surface area contributed by atoms with Gasteiger partial charge in [-0.15, -0.1) is 0 Å². The van der Waals surface area contributed by atoms with E-state index in [1.165, 1.54) is 0 Å². The molecule has 1 radical (unpaired) electrons. The van der Waals surface area contributed by atoms with Gasteiger partial charge in [0.1, 0.15) is 0 Å². The van der Waals surface area contributed by atoms with Crippen molar-refractivity contribution in [2.75, 3.05) is 0 Å². The third kappa shape index (κ3) is 98.8. The van der Waals surface area contributed by atoms with Crippen LogP contribution in [0.4, 0.5) is 0 Å². The Hall–Kier alpha value is 1.99. The maximum atomic E-state index is 8.74. The zero-order chi connectivity index (χ0) is 4.50. The van der Waals surface area contributed by atoms with Crippen molar-refractivity contribution < 1.29 is 40.1 Å². The second kappa shape index (κ2) is 8.99. The summed E-state index contributed by atoms with van der Waals surface area (Å²) in [7, 11) is -4.67. The molecule has 0 bridgehead atoms. The number of rotatable bonds is 0. The first-order valence-corrected chi connectivity index (χ1v) is 2.10. The molecular weight excluding hydrogens is 215 g/mol. The van der Waals surface area contributed by atoms with Crippen molar-refractivity contribution in [1.82, 2.24) is 0 Å². The first-order valence-electron chi connectivity index (χ1n) is 0.698. The molecule has 0 rings (SSSR count). The first kappa shape index (κ1) is 22.5. The second-order valence-electron chi connectivity index (χ2n) is 0.448. The van der Waals surface area contributed by atoms with Crippen LogP contribution in [0.25, 0.3) is 0 Å². The number of hydrogen-bond donors (Lipinski definition) is 2. The summed E-state index contributed by atoms with van der Waals surface area (Å²) in [6.07, 6.45) is 0. The van der Waals surface area contributed by atoms with Crippen LogP contribution < -0.4 is 0 Å². The van der Waals surface area contributed by atoms with Gasteiger partial charge in [-0.2, -0.15) is 8.42 Å². The molecule has 0 aliphatic carbocycles. The van der Waals surface area contributed by atoms with Crippen LogP contribution in [0.1, 0.15) is 0 Å². The summed E-state index contributed by atoms with van der Waals surface area (Å²) in [4.78, 5) is 0. The molecule has 0 aromatic heterocycles. The predicted molar refractivity (Wildman–Crippen MR) is 24.9 cm³/mol. The maximum absolute atomic E-state index is 8.74. The van der Waals surface area contributed by atoms with E-state index in [1.54, 1.807) is 0 Å². The van der Waals surface area contributed by atoms with E-state index in [1.807, 2.05) is 0 Å². The van der Waals surface area contributed by atoms with Gasteiger partial charge in [0.15, 0.2) is 0 Å². The Kier molecular flexibility index (Phi) is 25.3. The van der Waals surface area contributed by atoms with Crippen molar-refractivity contribution in [3.63, 3.8) is 0 Å². The summed E-state index contributed by atoms with van der Waals surface area (Å²) in [5.41, 5.74) is 0. The summed E-state index contributed by atoms with van der Waals surface area (Å²) in [5.74, 6) is 0. The van der Waals surface area contributed by atoms with Crippen molar-refractivity contribution in [3.05, 3.63) is 0 Å². The minimum absolute atomic E-state index is 0. The van der Waals surface area contributed by atoms with Crippen molar-refractivity contribution in [1.29, 1.82) is 0 Å². The molecule has 0 saturated heterocycles. The Labute approximate surface area is 100 Å². The second-order valence-corrected chi connectivity index (χ2v) is 1.34. The molecule has 0 aromatic rings. The molecule has 0 aliphatic heterocycles. The van der Waals surface area contributed by atoms with Crippen molar-refractivity contribution in [2.24, 2.45) is 0 Å². The molecule has 0 heterocycles. The van der Waals surface area contributed by atoms with E-state index >= 15 is 0 Å². The fraction of sp³-hybridized carbons (Fsp3) is 0. The Morgan fingerprint density at radius 1 is 1.12 bits per heavy atom. The average molecular weight is 220 g/mol. The van der Waals surface area contributed by atoms with Gasteiger partial charge < -0.3 is 5.48 Å². The van der Waals surface area contributed by atoms with Gasteiger partial charge in [-0.05, 0) is 0 Å². The fourth-order valence-electron chi connectivity index (χ4n) is 0. The molecule has 5 nitrogen and oxygen atoms in total. The molecule has 0 amide bonds. The molecule has 53 valence electrons. The SMILES string of the molecule is O.O=S(=O)(O)O.[Cu].[KH]. The Bertz CT molecular complexity index is 95.6. The van der Waals surface area contributed by atoms with Gasteiger partial charge >= 0.3 is 61.8 Å². The average Bonchev–Trinajstić information content (AvgIpc) is 0.722. The van der Waals surface area contributed by atoms with Gasteiger partial charge in [0.05, 0.1) is 0 Å². The van der Waals surface area contributed by atoms with Crippen LogP contribution in [-0.2, 0) is 27.5 Å². The normalized spacial score (nSPS) is 7.25. The van der Waals surface area contributed by atoms with Gasteiger partial charge in [0.2, 0.25) is 0 Å². The van der Waals surface area contributed by atoms with Gasteiger partial charge in [0, 0.05) is 17.1 Å². The van der Waals surface area contributed by atoms with Crippen molar-refractivity contribution in [2.45, 2.75) is 0 Å². The van der Waals surface area contributed by atoms with Gasteiger partial charge in [-0.1, -0.05) is 0 Å². The molecule has 0 aromatic carbocycles. The van der Waals surface area contributed by atoms with E-state index in [2.05, 4.69) is 0 Å². The summed E-state index contributed by atoms with van der Waals surface area (Å²) < 4.78 is 31.6. The first-order chi connectivity index (χ1) is 2.00. The van der Waals surface area contributed by atoms with Crippen LogP contribution in [0.15, 0.2) is 0 Å². The summed E-state index contributed by atoms with van der Waals surface area (Å²) in [6.45, 7) is 0. The zero-order valence-corrected chi connectivity index (χ0v) is 4.68. The molecule has 0 saturated carbocycles. The quantitative estimate of drug-likeness (QED) is 0.359. The van der Waals surface area contributed by atoms with Crippen LogP contribution in [0.2, 0.25) is 0 Å². The Morgan fingerprint density at radius 2 is 1.12 bits per heavy atom. The van der Waals surface area contributed by atoms with Crippen molar-refractivity contribution in [3.8, 4) is 0 Å². The molecule has 0 atom stereocenters. The molecule has 0 fully saturated rings. The van der Waals surface area contributed by atoms with E-state index in [0.29, 0.717) is 0 Å². The van der Waals surface area contributed by atoms with E-state index < -0.39 is 10.4 Å². The molecule has 0 spiro atoms. The standard InChI is InChI=1S/Cu.K.H2O4S.H2O.H/c;;1-5(2,3)4;;/h;;(H2,1,2,3,4);1H2;. The van der Waals surface area contributed by atoms with Crippen molar-refractivity contribution >= 4 is 61.8 Å². The van der Waals surface area contributed by atoms with Crippen LogP contribution in [0.3, 0.4) is 0 Å². The van der Waals surface area contributed by atoms with Gasteiger partial charge in [0.25, 0.3) is 0 Å². The molecule has 4 N–H and O–H groups in total. The summed E-state index contributed by atoms with van der Waals surface area (Å²) in [5, 5.41) is 0. The summed E-state index contributed by atoms with van der Waals surface area (Å²) >= 11 is 0. The molecule has 8 heteroatoms. The van der Waals surface area contributed by atoms with E-state index in [9.17, 15) is 0 Å². The summed E-state index contributed by atoms with van der Waals surface area (Å²) in [6, 6.07) is 0. The molecule has 8 heavy (non-hydrogen) atoms. The third-order valence-corrected chi connectivity index (χ3v) is 0. The minimum atomic E-state index is -4.67. The van der Waals surface area contributed by atoms with E-state index in [4.69, 9.17) is 17.5 Å². The zero-order valence-electron chi connectivity index (χ0n) is 2.92. The monoisotopic (exact) mass is 219 g/mol. The molecular formula is H5CuKO5S. The fourth-order valence-corrected chi connectivity index (χ4v) is 0. The van der Waals surface area contributed by atoms with Crippen LogP contribution in [-0.4, -0.2) is 74.4 Å². The Balaban J connectivity index is -0.0000000267. The van der Waals surface area contributed by atoms with E-state index in [0.717, 1.165) is 0 Å². The predicted octanol–water partition coefficient (Wildman–Crippen LogP) is -2.13. The van der Waals surface area contributed by atoms with Gasteiger partial charge in [-0.25, -0.2) is 0 Å². The Morgan fingerprint density at radius 3 is 1.12 bits per heavy atom. The topological polar surface area (TPSA) is 106 Å². The molecule has 0 aliphatic rings. The van der Waals surface area contributed by atoms with Crippen LogP contribution in [0.5, 0.6) is 0 Å². The molecule has 0 unspecified atom stereocenters. The van der Waals surface area contributed by atoms with Crippen LogP contribution >= 0.6 is 0 Å². The number of hydrogen-bond acceptors (Lipinski definition) is 2. The van der Waals surface area contributed by atoms with Crippen LogP contribution in [0, 0.1) is 0 Å². The van der Waals surface area contributed by atoms with E-state index in [-0.39, 0.29) is 73.9 Å².